The Balaban J connectivity index is 1.83. The van der Waals surface area contributed by atoms with E-state index in [0.29, 0.717) is 5.58 Å². The van der Waals surface area contributed by atoms with Gasteiger partial charge in [-0.3, -0.25) is 0 Å². The molecule has 2 aromatic carbocycles. The predicted octanol–water partition coefficient (Wildman–Crippen LogP) is 3.44. The second kappa shape index (κ2) is 6.00. The molecule has 0 fully saturated rings. The molecule has 0 atom stereocenters. The molecule has 0 amide bonds. The van der Waals surface area contributed by atoms with Crippen LogP contribution in [0.1, 0.15) is 36.8 Å². The Morgan fingerprint density at radius 3 is 2.38 bits per heavy atom. The van der Waals surface area contributed by atoms with E-state index in [0.717, 1.165) is 17.0 Å². The fourth-order valence-corrected chi connectivity index (χ4v) is 2.28. The molecule has 3 aromatic rings. The first-order valence-corrected chi connectivity index (χ1v) is 7.05. The van der Waals surface area contributed by atoms with E-state index in [-0.39, 0.29) is 16.9 Å². The number of furan rings is 1. The molecule has 1 N–H and O–H groups in total. The van der Waals surface area contributed by atoms with Crippen molar-refractivity contribution in [3.05, 3.63) is 71.0 Å². The van der Waals surface area contributed by atoms with Gasteiger partial charge in [-0.15, -0.1) is 0 Å². The van der Waals surface area contributed by atoms with Crippen molar-refractivity contribution in [1.29, 1.82) is 0 Å². The second-order valence-electron chi connectivity index (χ2n) is 5.16. The topological polar surface area (TPSA) is 93.8 Å². The largest absolute Gasteiger partial charge is 0.478 e. The number of hydrogen-bond acceptors (Lipinski definition) is 5. The van der Waals surface area contributed by atoms with Crippen molar-refractivity contribution in [2.24, 2.45) is 0 Å². The van der Waals surface area contributed by atoms with E-state index in [1.54, 1.807) is 12.1 Å². The number of carboxylic acid groups (broad SMARTS) is 1. The first-order chi connectivity index (χ1) is 11.5. The number of benzene rings is 2. The maximum Gasteiger partial charge on any atom is 0.382 e. The molecule has 6 heteroatoms. The van der Waals surface area contributed by atoms with E-state index in [1.165, 1.54) is 24.3 Å². The van der Waals surface area contributed by atoms with Gasteiger partial charge in [-0.2, -0.15) is 0 Å². The van der Waals surface area contributed by atoms with Gasteiger partial charge in [0, 0.05) is 5.39 Å². The van der Waals surface area contributed by atoms with Crippen LogP contribution in [0.3, 0.4) is 0 Å². The zero-order chi connectivity index (χ0) is 17.3. The van der Waals surface area contributed by atoms with Crippen LogP contribution in [0.25, 0.3) is 11.0 Å². The van der Waals surface area contributed by atoms with Gasteiger partial charge in [0.15, 0.2) is 0 Å². The van der Waals surface area contributed by atoms with Crippen LogP contribution in [0.5, 0.6) is 0 Å². The Morgan fingerprint density at radius 2 is 1.67 bits per heavy atom. The molecule has 0 radical (unpaired) electrons. The Bertz CT molecular complexity index is 967. The number of carbonyl (C=O) groups is 3. The summed E-state index contributed by atoms with van der Waals surface area (Å²) in [6, 6.07) is 12.1. The fraction of sp³-hybridized carbons (Fsp3) is 0.0556. The first-order valence-electron chi connectivity index (χ1n) is 7.05. The Labute approximate surface area is 136 Å². The van der Waals surface area contributed by atoms with Crippen LogP contribution in [-0.2, 0) is 4.74 Å². The minimum atomic E-state index is -1.18. The van der Waals surface area contributed by atoms with Gasteiger partial charge in [0.05, 0.1) is 11.1 Å². The predicted molar refractivity (Wildman–Crippen MR) is 84.1 cm³/mol. The highest BCUT2D eigenvalue weighted by Crippen LogP contribution is 2.23. The third-order valence-corrected chi connectivity index (χ3v) is 3.51. The highest BCUT2D eigenvalue weighted by Gasteiger charge is 2.20. The molecule has 0 aliphatic carbocycles. The second-order valence-corrected chi connectivity index (χ2v) is 5.16. The van der Waals surface area contributed by atoms with Crippen LogP contribution in [0.2, 0.25) is 0 Å². The number of hydrogen-bond donors (Lipinski definition) is 1. The van der Waals surface area contributed by atoms with Gasteiger partial charge in [-0.25, -0.2) is 14.4 Å². The minimum Gasteiger partial charge on any atom is -0.478 e. The van der Waals surface area contributed by atoms with Gasteiger partial charge in [-0.05, 0) is 42.8 Å². The SMILES string of the molecule is Cc1cccc2oc(C(=O)OC(=O)c3cccc(C(=O)O)c3)cc12. The molecule has 0 saturated heterocycles. The standard InChI is InChI=1S/C18H12O6/c1-10-4-2-7-14-13(10)9-15(23-14)18(22)24-17(21)12-6-3-5-11(8-12)16(19)20/h2-9H,1H3,(H,19,20). The summed E-state index contributed by atoms with van der Waals surface area (Å²) in [5, 5.41) is 9.68. The smallest absolute Gasteiger partial charge is 0.382 e. The number of carboxylic acids is 1. The molecule has 3 rings (SSSR count). The summed E-state index contributed by atoms with van der Waals surface area (Å²) in [6.07, 6.45) is 0. The van der Waals surface area contributed by atoms with Crippen LogP contribution in [0, 0.1) is 6.92 Å². The highest BCUT2D eigenvalue weighted by molar-refractivity contribution is 6.04. The number of ether oxygens (including phenoxy) is 1. The van der Waals surface area contributed by atoms with Gasteiger partial charge < -0.3 is 14.3 Å². The van der Waals surface area contributed by atoms with Crippen LogP contribution in [0.15, 0.2) is 52.9 Å². The third kappa shape index (κ3) is 2.89. The summed E-state index contributed by atoms with van der Waals surface area (Å²) >= 11 is 0. The van der Waals surface area contributed by atoms with Gasteiger partial charge in [-0.1, -0.05) is 18.2 Å². The number of aromatic carboxylic acids is 1. The van der Waals surface area contributed by atoms with Crippen molar-refractivity contribution in [3.63, 3.8) is 0 Å². The van der Waals surface area contributed by atoms with Crippen molar-refractivity contribution in [2.45, 2.75) is 6.92 Å². The summed E-state index contributed by atoms with van der Waals surface area (Å²) in [7, 11) is 0. The molecule has 0 bridgehead atoms. The summed E-state index contributed by atoms with van der Waals surface area (Å²) in [5.74, 6) is -3.15. The normalized spacial score (nSPS) is 10.5. The molecular weight excluding hydrogens is 312 g/mol. The van der Waals surface area contributed by atoms with E-state index in [4.69, 9.17) is 14.3 Å². The highest BCUT2D eigenvalue weighted by atomic mass is 16.6. The monoisotopic (exact) mass is 324 g/mol. The number of fused-ring (bicyclic) bond motifs is 1. The van der Waals surface area contributed by atoms with E-state index in [1.807, 2.05) is 13.0 Å². The van der Waals surface area contributed by atoms with Crippen LogP contribution < -0.4 is 0 Å². The van der Waals surface area contributed by atoms with Crippen molar-refractivity contribution >= 4 is 28.9 Å². The lowest BCUT2D eigenvalue weighted by atomic mass is 10.1. The lowest BCUT2D eigenvalue weighted by Crippen LogP contribution is -2.13. The quantitative estimate of drug-likeness (QED) is 0.586. The molecule has 0 aliphatic heterocycles. The number of carbonyl (C=O) groups excluding carboxylic acids is 2. The van der Waals surface area contributed by atoms with Crippen molar-refractivity contribution in [2.75, 3.05) is 0 Å². The van der Waals surface area contributed by atoms with Gasteiger partial charge in [0.2, 0.25) is 5.76 Å². The van der Waals surface area contributed by atoms with Gasteiger partial charge in [0.25, 0.3) is 0 Å². The maximum atomic E-state index is 12.1. The molecule has 0 unspecified atom stereocenters. The number of rotatable bonds is 3. The first kappa shape index (κ1) is 15.5. The molecule has 0 saturated carbocycles. The summed E-state index contributed by atoms with van der Waals surface area (Å²) < 4.78 is 10.2. The van der Waals surface area contributed by atoms with E-state index >= 15 is 0 Å². The van der Waals surface area contributed by atoms with Crippen LogP contribution in [0.4, 0.5) is 0 Å². The average Bonchev–Trinajstić information content (AvgIpc) is 3.00. The van der Waals surface area contributed by atoms with E-state index < -0.39 is 17.9 Å². The number of esters is 2. The summed E-state index contributed by atoms with van der Waals surface area (Å²) in [4.78, 5) is 35.0. The van der Waals surface area contributed by atoms with Gasteiger partial charge in [0.1, 0.15) is 5.58 Å². The Kier molecular flexibility index (Phi) is 3.87. The van der Waals surface area contributed by atoms with Gasteiger partial charge >= 0.3 is 17.9 Å². The summed E-state index contributed by atoms with van der Waals surface area (Å²) in [6.45, 7) is 1.87. The van der Waals surface area contributed by atoms with Crippen molar-refractivity contribution in [1.82, 2.24) is 0 Å². The van der Waals surface area contributed by atoms with Crippen LogP contribution >= 0.6 is 0 Å². The van der Waals surface area contributed by atoms with Crippen molar-refractivity contribution < 1.29 is 28.6 Å². The molecule has 6 nitrogen and oxygen atoms in total. The average molecular weight is 324 g/mol. The molecule has 24 heavy (non-hydrogen) atoms. The minimum absolute atomic E-state index is 0.0319. The van der Waals surface area contributed by atoms with Crippen molar-refractivity contribution in [3.8, 4) is 0 Å². The molecule has 0 aliphatic rings. The Morgan fingerprint density at radius 1 is 0.958 bits per heavy atom. The maximum absolute atomic E-state index is 12.1. The Hall–Kier alpha value is -3.41. The summed E-state index contributed by atoms with van der Waals surface area (Å²) in [5.41, 5.74) is 1.34. The van der Waals surface area contributed by atoms with E-state index in [9.17, 15) is 14.4 Å². The lowest BCUT2D eigenvalue weighted by Gasteiger charge is -2.02. The molecule has 1 aromatic heterocycles. The molecule has 1 heterocycles. The van der Waals surface area contributed by atoms with Crippen LogP contribution in [-0.4, -0.2) is 23.0 Å². The third-order valence-electron chi connectivity index (χ3n) is 3.51. The zero-order valence-corrected chi connectivity index (χ0v) is 12.6. The molecular formula is C18H12O6. The van der Waals surface area contributed by atoms with E-state index in [2.05, 4.69) is 0 Å². The molecule has 0 spiro atoms. The fourth-order valence-electron chi connectivity index (χ4n) is 2.28. The lowest BCUT2D eigenvalue weighted by molar-refractivity contribution is 0.0377. The zero-order valence-electron chi connectivity index (χ0n) is 12.6. The molecule has 120 valence electrons. The number of aryl methyl sites for hydroxylation is 1.